The zero-order valence-corrected chi connectivity index (χ0v) is 13.6. The van der Waals surface area contributed by atoms with E-state index < -0.39 is 5.97 Å². The van der Waals surface area contributed by atoms with E-state index in [1.807, 2.05) is 16.7 Å². The molecule has 0 unspecified atom stereocenters. The smallest absolute Gasteiger partial charge is 0.307 e. The van der Waals surface area contributed by atoms with Crippen molar-refractivity contribution >= 4 is 32.8 Å². The summed E-state index contributed by atoms with van der Waals surface area (Å²) in [5.74, 6) is -0.688. The molecule has 5 nitrogen and oxygen atoms in total. The number of nitrogens with zero attached hydrogens (tertiary/aromatic N) is 1. The van der Waals surface area contributed by atoms with Gasteiger partial charge >= 0.3 is 5.97 Å². The van der Waals surface area contributed by atoms with Gasteiger partial charge in [0.25, 0.3) is 0 Å². The van der Waals surface area contributed by atoms with Crippen LogP contribution in [0.1, 0.15) is 11.1 Å². The molecule has 0 atom stereocenters. The molecule has 3 aromatic rings. The molecule has 118 valence electrons. The average Bonchev–Trinajstić information content (AvgIpc) is 2.74. The van der Waals surface area contributed by atoms with Crippen LogP contribution < -0.4 is 0 Å². The van der Waals surface area contributed by atoms with E-state index >= 15 is 0 Å². The number of aromatic hydroxyl groups is 2. The van der Waals surface area contributed by atoms with Crippen LogP contribution in [0.3, 0.4) is 0 Å². The molecule has 0 spiro atoms. The molecule has 0 amide bonds. The van der Waals surface area contributed by atoms with Crippen LogP contribution in [0.2, 0.25) is 0 Å². The monoisotopic (exact) mass is 375 g/mol. The summed E-state index contributed by atoms with van der Waals surface area (Å²) < 4.78 is 2.51. The van der Waals surface area contributed by atoms with E-state index in [1.54, 1.807) is 30.3 Å². The number of phenols is 2. The molecule has 1 aromatic heterocycles. The highest BCUT2D eigenvalue weighted by Gasteiger charge is 2.18. The van der Waals surface area contributed by atoms with E-state index in [4.69, 9.17) is 5.11 Å². The molecule has 23 heavy (non-hydrogen) atoms. The van der Waals surface area contributed by atoms with Gasteiger partial charge in [0.05, 0.1) is 17.6 Å². The lowest BCUT2D eigenvalue weighted by molar-refractivity contribution is -0.136. The number of aliphatic carboxylic acids is 1. The maximum absolute atomic E-state index is 11.1. The molecule has 0 aliphatic carbocycles. The fourth-order valence-corrected chi connectivity index (χ4v) is 3.34. The van der Waals surface area contributed by atoms with E-state index in [1.165, 1.54) is 0 Å². The van der Waals surface area contributed by atoms with Crippen molar-refractivity contribution in [2.75, 3.05) is 0 Å². The minimum atomic E-state index is -0.948. The summed E-state index contributed by atoms with van der Waals surface area (Å²) in [7, 11) is 0. The van der Waals surface area contributed by atoms with Gasteiger partial charge in [0.2, 0.25) is 0 Å². The molecule has 0 saturated heterocycles. The number of carboxylic acid groups (broad SMARTS) is 1. The Morgan fingerprint density at radius 1 is 1.13 bits per heavy atom. The Labute approximate surface area is 140 Å². The molecule has 0 radical (unpaired) electrons. The van der Waals surface area contributed by atoms with Gasteiger partial charge in [0, 0.05) is 22.0 Å². The lowest BCUT2D eigenvalue weighted by Crippen LogP contribution is -2.03. The second-order valence-electron chi connectivity index (χ2n) is 5.26. The first kappa shape index (κ1) is 15.4. The van der Waals surface area contributed by atoms with Crippen molar-refractivity contribution in [3.8, 4) is 11.5 Å². The normalized spacial score (nSPS) is 11.0. The highest BCUT2D eigenvalue weighted by atomic mass is 79.9. The zero-order valence-electron chi connectivity index (χ0n) is 12.0. The zero-order chi connectivity index (χ0) is 16.6. The molecule has 0 aliphatic heterocycles. The highest BCUT2D eigenvalue weighted by Crippen LogP contribution is 2.34. The molecule has 0 fully saturated rings. The molecule has 0 bridgehead atoms. The molecule has 2 aromatic carbocycles. The Kier molecular flexibility index (Phi) is 4.00. The number of hydrogen-bond acceptors (Lipinski definition) is 3. The van der Waals surface area contributed by atoms with Crippen molar-refractivity contribution < 1.29 is 20.1 Å². The van der Waals surface area contributed by atoms with Gasteiger partial charge < -0.3 is 19.9 Å². The van der Waals surface area contributed by atoms with Crippen molar-refractivity contribution in [3.05, 3.63) is 58.2 Å². The number of halogens is 1. The van der Waals surface area contributed by atoms with Crippen molar-refractivity contribution in [3.63, 3.8) is 0 Å². The highest BCUT2D eigenvalue weighted by molar-refractivity contribution is 9.10. The summed E-state index contributed by atoms with van der Waals surface area (Å²) in [4.78, 5) is 11.1. The first-order chi connectivity index (χ1) is 11.0. The molecular weight excluding hydrogens is 362 g/mol. The van der Waals surface area contributed by atoms with Gasteiger partial charge in [-0.05, 0) is 40.2 Å². The van der Waals surface area contributed by atoms with E-state index in [0.717, 1.165) is 11.1 Å². The third kappa shape index (κ3) is 2.90. The van der Waals surface area contributed by atoms with Crippen molar-refractivity contribution in [1.82, 2.24) is 4.57 Å². The number of carboxylic acids is 1. The van der Waals surface area contributed by atoms with Crippen LogP contribution in [0.5, 0.6) is 11.5 Å². The second-order valence-corrected chi connectivity index (χ2v) is 6.01. The minimum absolute atomic E-state index is 0.0800. The second kappa shape index (κ2) is 5.96. The number of para-hydroxylation sites is 1. The quantitative estimate of drug-likeness (QED) is 0.651. The van der Waals surface area contributed by atoms with Crippen molar-refractivity contribution in [2.24, 2.45) is 0 Å². The van der Waals surface area contributed by atoms with Crippen LogP contribution in [0, 0.1) is 0 Å². The maximum Gasteiger partial charge on any atom is 0.307 e. The Morgan fingerprint density at radius 2 is 1.87 bits per heavy atom. The number of phenolic OH excluding ortho intramolecular Hbond substituents is 2. The lowest BCUT2D eigenvalue weighted by Gasteiger charge is -2.09. The van der Waals surface area contributed by atoms with E-state index in [0.29, 0.717) is 22.1 Å². The number of fused-ring (bicyclic) bond motifs is 1. The van der Waals surface area contributed by atoms with Crippen molar-refractivity contribution in [1.29, 1.82) is 0 Å². The Hall–Kier alpha value is -2.47. The fraction of sp³-hybridized carbons (Fsp3) is 0.118. The summed E-state index contributed by atoms with van der Waals surface area (Å²) in [6.45, 7) is 0.383. The van der Waals surface area contributed by atoms with Crippen LogP contribution in [-0.4, -0.2) is 25.9 Å². The predicted molar refractivity (Wildman–Crippen MR) is 89.9 cm³/mol. The van der Waals surface area contributed by atoms with Crippen molar-refractivity contribution in [2.45, 2.75) is 13.0 Å². The fourth-order valence-electron chi connectivity index (χ4n) is 2.67. The van der Waals surface area contributed by atoms with Crippen LogP contribution in [0.15, 0.2) is 47.1 Å². The van der Waals surface area contributed by atoms with E-state index in [-0.39, 0.29) is 17.9 Å². The molecule has 3 N–H and O–H groups in total. The Morgan fingerprint density at radius 3 is 2.57 bits per heavy atom. The third-order valence-corrected chi connectivity index (χ3v) is 4.64. The number of aromatic nitrogens is 1. The van der Waals surface area contributed by atoms with Gasteiger partial charge in [0.15, 0.2) is 0 Å². The van der Waals surface area contributed by atoms with E-state index in [9.17, 15) is 15.0 Å². The first-order valence-electron chi connectivity index (χ1n) is 6.95. The standard InChI is InChI=1S/C17H14BrNO4/c18-17-13(8-16(22)23)12-7-11(20)5-6-14(12)19(17)9-10-3-1-2-4-15(10)21/h1-7,20-21H,8-9H2,(H,22,23). The number of benzene rings is 2. The van der Waals surface area contributed by atoms with Gasteiger partial charge in [-0.25, -0.2) is 0 Å². The predicted octanol–water partition coefficient (Wildman–Crippen LogP) is 3.49. The molecule has 6 heteroatoms. The summed E-state index contributed by atoms with van der Waals surface area (Å²) in [5.41, 5.74) is 2.10. The van der Waals surface area contributed by atoms with Crippen LogP contribution in [-0.2, 0) is 17.8 Å². The molecule has 1 heterocycles. The summed E-state index contributed by atoms with van der Waals surface area (Å²) in [6.07, 6.45) is -0.158. The van der Waals surface area contributed by atoms with Gasteiger partial charge in [0.1, 0.15) is 11.5 Å². The molecule has 0 saturated carbocycles. The van der Waals surface area contributed by atoms with E-state index in [2.05, 4.69) is 15.9 Å². The first-order valence-corrected chi connectivity index (χ1v) is 7.75. The van der Waals surface area contributed by atoms with Gasteiger partial charge in [-0.15, -0.1) is 0 Å². The Balaban J connectivity index is 2.18. The average molecular weight is 376 g/mol. The van der Waals surface area contributed by atoms with Crippen LogP contribution >= 0.6 is 15.9 Å². The van der Waals surface area contributed by atoms with Gasteiger partial charge in [-0.3, -0.25) is 4.79 Å². The van der Waals surface area contributed by atoms with Crippen LogP contribution in [0.25, 0.3) is 10.9 Å². The lowest BCUT2D eigenvalue weighted by atomic mass is 10.1. The van der Waals surface area contributed by atoms with Gasteiger partial charge in [-0.1, -0.05) is 18.2 Å². The Bertz CT molecular complexity index is 901. The SMILES string of the molecule is O=C(O)Cc1c(Br)n(Cc2ccccc2O)c2ccc(O)cc12. The minimum Gasteiger partial charge on any atom is -0.508 e. The third-order valence-electron chi connectivity index (χ3n) is 3.73. The number of rotatable bonds is 4. The number of hydrogen-bond donors (Lipinski definition) is 3. The molecule has 0 aliphatic rings. The van der Waals surface area contributed by atoms with Gasteiger partial charge in [-0.2, -0.15) is 0 Å². The molecule has 3 rings (SSSR count). The maximum atomic E-state index is 11.1. The largest absolute Gasteiger partial charge is 0.508 e. The van der Waals surface area contributed by atoms with Crippen LogP contribution in [0.4, 0.5) is 0 Å². The number of carbonyl (C=O) groups is 1. The summed E-state index contributed by atoms with van der Waals surface area (Å²) >= 11 is 3.47. The topological polar surface area (TPSA) is 82.7 Å². The summed E-state index contributed by atoms with van der Waals surface area (Å²) in [5, 5.41) is 29.5. The molecular formula is C17H14BrNO4. The summed E-state index contributed by atoms with van der Waals surface area (Å²) in [6, 6.07) is 11.8.